The van der Waals surface area contributed by atoms with Crippen molar-refractivity contribution >= 4 is 23.4 Å². The Morgan fingerprint density at radius 1 is 1.23 bits per heavy atom. The molecule has 0 saturated heterocycles. The quantitative estimate of drug-likeness (QED) is 0.858. The summed E-state index contributed by atoms with van der Waals surface area (Å²) in [5, 5.41) is 10.7. The molecule has 2 aliphatic heterocycles. The van der Waals surface area contributed by atoms with Crippen LogP contribution in [0.25, 0.3) is 6.08 Å². The van der Waals surface area contributed by atoms with Gasteiger partial charge in [-0.25, -0.2) is 4.99 Å². The smallest absolute Gasteiger partial charge is 0.177 e. The van der Waals surface area contributed by atoms with Gasteiger partial charge in [-0.3, -0.25) is 9.98 Å². The number of fused-ring (bicyclic) bond motifs is 3. The first-order chi connectivity index (χ1) is 12.7. The number of aromatic nitrogens is 1. The Morgan fingerprint density at radius 2 is 2.04 bits per heavy atom. The number of rotatable bonds is 4. The molecule has 26 heavy (non-hydrogen) atoms. The molecule has 2 aliphatic rings. The van der Waals surface area contributed by atoms with E-state index >= 15 is 0 Å². The maximum Gasteiger partial charge on any atom is 0.177 e. The average Bonchev–Trinajstić information content (AvgIpc) is 3.17. The molecule has 1 aromatic carbocycles. The third-order valence-electron chi connectivity index (χ3n) is 4.28. The molecule has 7 nitrogen and oxygen atoms in total. The number of ether oxygens (including phenoxy) is 2. The Kier molecular flexibility index (Phi) is 4.04. The SMILES string of the molecule is COc1cc2c(cc1OC)C1=NCCN1C(C(O)=Cc1cccnc1)=N2. The summed E-state index contributed by atoms with van der Waals surface area (Å²) < 4.78 is 10.8. The third-order valence-corrected chi connectivity index (χ3v) is 4.28. The second-order valence-corrected chi connectivity index (χ2v) is 5.83. The molecular formula is C19H18N4O3. The number of hydrogen-bond acceptors (Lipinski definition) is 7. The molecule has 0 unspecified atom stereocenters. The Hall–Kier alpha value is -3.35. The minimum absolute atomic E-state index is 0.0630. The molecule has 7 heteroatoms. The van der Waals surface area contributed by atoms with E-state index in [1.165, 1.54) is 0 Å². The normalized spacial score (nSPS) is 15.8. The van der Waals surface area contributed by atoms with Gasteiger partial charge in [0.2, 0.25) is 0 Å². The van der Waals surface area contributed by atoms with Gasteiger partial charge in [0.15, 0.2) is 23.1 Å². The van der Waals surface area contributed by atoms with Gasteiger partial charge in [0, 0.05) is 30.6 Å². The fraction of sp³-hybridized carbons (Fsp3) is 0.211. The monoisotopic (exact) mass is 350 g/mol. The lowest BCUT2D eigenvalue weighted by atomic mass is 10.1. The molecule has 1 aromatic heterocycles. The summed E-state index contributed by atoms with van der Waals surface area (Å²) >= 11 is 0. The average molecular weight is 350 g/mol. The van der Waals surface area contributed by atoms with Gasteiger partial charge in [-0.05, 0) is 23.8 Å². The van der Waals surface area contributed by atoms with E-state index in [0.717, 1.165) is 17.0 Å². The molecule has 3 heterocycles. The van der Waals surface area contributed by atoms with Crippen LogP contribution < -0.4 is 9.47 Å². The number of nitrogens with zero attached hydrogens (tertiary/aromatic N) is 4. The first kappa shape index (κ1) is 16.1. The number of pyridine rings is 1. The largest absolute Gasteiger partial charge is 0.504 e. The second-order valence-electron chi connectivity index (χ2n) is 5.83. The third kappa shape index (κ3) is 2.67. The van der Waals surface area contributed by atoms with Crippen LogP contribution in [0.4, 0.5) is 5.69 Å². The molecule has 2 aromatic rings. The molecule has 0 radical (unpaired) electrons. The van der Waals surface area contributed by atoms with Crippen molar-refractivity contribution in [3.63, 3.8) is 0 Å². The van der Waals surface area contributed by atoms with Crippen LogP contribution in [0, 0.1) is 0 Å². The molecular weight excluding hydrogens is 332 g/mol. The van der Waals surface area contributed by atoms with Gasteiger partial charge in [0.05, 0.1) is 26.5 Å². The van der Waals surface area contributed by atoms with E-state index in [-0.39, 0.29) is 5.76 Å². The van der Waals surface area contributed by atoms with Gasteiger partial charge in [0.25, 0.3) is 0 Å². The summed E-state index contributed by atoms with van der Waals surface area (Å²) in [7, 11) is 3.18. The van der Waals surface area contributed by atoms with Crippen LogP contribution in [0.5, 0.6) is 11.5 Å². The maximum atomic E-state index is 10.7. The molecule has 0 saturated carbocycles. The highest BCUT2D eigenvalue weighted by Crippen LogP contribution is 2.39. The molecule has 0 bridgehead atoms. The summed E-state index contributed by atoms with van der Waals surface area (Å²) in [6.45, 7) is 1.30. The zero-order chi connectivity index (χ0) is 18.1. The molecule has 0 fully saturated rings. The Bertz CT molecular complexity index is 935. The van der Waals surface area contributed by atoms with Gasteiger partial charge >= 0.3 is 0 Å². The summed E-state index contributed by atoms with van der Waals surface area (Å²) in [6, 6.07) is 7.35. The van der Waals surface area contributed by atoms with Crippen LogP contribution in [-0.2, 0) is 0 Å². The zero-order valence-electron chi connectivity index (χ0n) is 14.5. The molecule has 132 valence electrons. The summed E-state index contributed by atoms with van der Waals surface area (Å²) in [6.07, 6.45) is 5.02. The van der Waals surface area contributed by atoms with Crippen LogP contribution in [0.15, 0.2) is 52.4 Å². The second kappa shape index (κ2) is 6.51. The highest BCUT2D eigenvalue weighted by molar-refractivity contribution is 6.21. The number of aliphatic hydroxyl groups is 1. The van der Waals surface area contributed by atoms with Crippen LogP contribution in [0.2, 0.25) is 0 Å². The zero-order valence-corrected chi connectivity index (χ0v) is 14.5. The van der Waals surface area contributed by atoms with Gasteiger partial charge in [-0.1, -0.05) is 6.07 Å². The van der Waals surface area contributed by atoms with Gasteiger partial charge in [-0.15, -0.1) is 0 Å². The number of aliphatic hydroxyl groups excluding tert-OH is 1. The van der Waals surface area contributed by atoms with E-state index in [0.29, 0.717) is 36.1 Å². The van der Waals surface area contributed by atoms with E-state index < -0.39 is 0 Å². The minimum Gasteiger partial charge on any atom is -0.504 e. The van der Waals surface area contributed by atoms with E-state index in [4.69, 9.17) is 9.47 Å². The predicted octanol–water partition coefficient (Wildman–Crippen LogP) is 2.80. The molecule has 4 rings (SSSR count). The van der Waals surface area contributed by atoms with Crippen LogP contribution in [0.3, 0.4) is 0 Å². The number of benzene rings is 1. The molecule has 0 spiro atoms. The Balaban J connectivity index is 1.83. The first-order valence-electron chi connectivity index (χ1n) is 8.19. The van der Waals surface area contributed by atoms with Crippen molar-refractivity contribution in [1.29, 1.82) is 0 Å². The van der Waals surface area contributed by atoms with Crippen molar-refractivity contribution in [2.45, 2.75) is 0 Å². The Morgan fingerprint density at radius 3 is 2.77 bits per heavy atom. The maximum absolute atomic E-state index is 10.7. The fourth-order valence-electron chi connectivity index (χ4n) is 3.08. The van der Waals surface area contributed by atoms with Gasteiger partial charge in [-0.2, -0.15) is 0 Å². The number of hydrogen-bond donors (Lipinski definition) is 1. The number of amidine groups is 2. The molecule has 0 atom stereocenters. The van der Waals surface area contributed by atoms with Crippen molar-refractivity contribution in [2.75, 3.05) is 27.3 Å². The molecule has 1 N–H and O–H groups in total. The lowest BCUT2D eigenvalue weighted by Gasteiger charge is -2.27. The number of aliphatic imine (C=N–C) groups is 2. The van der Waals surface area contributed by atoms with Gasteiger partial charge < -0.3 is 19.5 Å². The van der Waals surface area contributed by atoms with E-state index in [9.17, 15) is 5.11 Å². The summed E-state index contributed by atoms with van der Waals surface area (Å²) in [5.41, 5.74) is 2.34. The molecule has 0 aliphatic carbocycles. The lowest BCUT2D eigenvalue weighted by molar-refractivity contribution is 0.355. The highest BCUT2D eigenvalue weighted by atomic mass is 16.5. The van der Waals surface area contributed by atoms with Crippen molar-refractivity contribution in [3.8, 4) is 11.5 Å². The van der Waals surface area contributed by atoms with Crippen molar-refractivity contribution in [1.82, 2.24) is 9.88 Å². The predicted molar refractivity (Wildman–Crippen MR) is 99.6 cm³/mol. The van der Waals surface area contributed by atoms with Gasteiger partial charge in [0.1, 0.15) is 5.84 Å². The van der Waals surface area contributed by atoms with E-state index in [1.54, 1.807) is 38.8 Å². The molecule has 0 amide bonds. The Labute approximate surface area is 150 Å². The van der Waals surface area contributed by atoms with Crippen molar-refractivity contribution in [3.05, 3.63) is 53.5 Å². The fourth-order valence-corrected chi connectivity index (χ4v) is 3.08. The minimum atomic E-state index is 0.0630. The highest BCUT2D eigenvalue weighted by Gasteiger charge is 2.32. The van der Waals surface area contributed by atoms with Crippen LogP contribution >= 0.6 is 0 Å². The standard InChI is InChI=1S/C19H18N4O3/c1-25-16-9-13-14(10-17(16)26-2)22-19(23-7-6-21-18(13)23)15(24)8-12-4-3-5-20-11-12/h3-5,8-11,24H,6-7H2,1-2H3. The van der Waals surface area contributed by atoms with E-state index in [1.807, 2.05) is 23.1 Å². The number of methoxy groups -OCH3 is 2. The van der Waals surface area contributed by atoms with Crippen LogP contribution in [0.1, 0.15) is 11.1 Å². The van der Waals surface area contributed by atoms with Crippen molar-refractivity contribution in [2.24, 2.45) is 9.98 Å². The summed E-state index contributed by atoms with van der Waals surface area (Å²) in [5.74, 6) is 2.50. The summed E-state index contributed by atoms with van der Waals surface area (Å²) in [4.78, 5) is 15.2. The first-order valence-corrected chi connectivity index (χ1v) is 8.19. The lowest BCUT2D eigenvalue weighted by Crippen LogP contribution is -2.38. The van der Waals surface area contributed by atoms with Crippen LogP contribution in [-0.4, -0.2) is 54.0 Å². The van der Waals surface area contributed by atoms with E-state index in [2.05, 4.69) is 15.0 Å². The van der Waals surface area contributed by atoms with Crippen molar-refractivity contribution < 1.29 is 14.6 Å². The topological polar surface area (TPSA) is 79.5 Å².